The van der Waals surface area contributed by atoms with Crippen LogP contribution in [-0.4, -0.2) is 36.5 Å². The van der Waals surface area contributed by atoms with Crippen LogP contribution in [0.25, 0.3) is 0 Å². The van der Waals surface area contributed by atoms with Crippen LogP contribution in [0.4, 0.5) is 15.8 Å². The molecule has 2 amide bonds. The number of nitro benzene ring substituents is 1. The zero-order valence-electron chi connectivity index (χ0n) is 10.8. The van der Waals surface area contributed by atoms with Crippen LogP contribution in [0.1, 0.15) is 10.4 Å². The largest absolute Gasteiger partial charge is 0.393 e. The van der Waals surface area contributed by atoms with E-state index in [0.29, 0.717) is 6.07 Å². The number of carbonyl (C=O) groups excluding carboxylic acids is 2. The Morgan fingerprint density at radius 3 is 2.67 bits per heavy atom. The fourth-order valence-electron chi connectivity index (χ4n) is 1.45. The molecule has 0 aliphatic heterocycles. The van der Waals surface area contributed by atoms with E-state index in [-0.39, 0.29) is 25.3 Å². The first-order valence-electron chi connectivity index (χ1n) is 5.70. The molecule has 0 saturated carbocycles. The number of nitrogens with zero attached hydrogens (tertiary/aromatic N) is 1. The summed E-state index contributed by atoms with van der Waals surface area (Å²) in [6.45, 7) is -0.314. The summed E-state index contributed by atoms with van der Waals surface area (Å²) in [5, 5.41) is 13.0. The van der Waals surface area contributed by atoms with Crippen molar-refractivity contribution in [2.24, 2.45) is 5.73 Å². The third-order valence-electron chi connectivity index (χ3n) is 2.34. The second-order valence-corrected chi connectivity index (χ2v) is 3.92. The molecule has 0 aliphatic rings. The van der Waals surface area contributed by atoms with Gasteiger partial charge in [0.2, 0.25) is 5.91 Å². The molecule has 0 aliphatic carbocycles. The van der Waals surface area contributed by atoms with Gasteiger partial charge in [0.15, 0.2) is 0 Å². The van der Waals surface area contributed by atoms with E-state index in [1.807, 2.05) is 0 Å². The minimum absolute atomic E-state index is 0.00410. The zero-order valence-corrected chi connectivity index (χ0v) is 10.8. The number of primary amides is 1. The summed E-state index contributed by atoms with van der Waals surface area (Å²) < 4.78 is 18.0. The number of rotatable bonds is 7. The third-order valence-corrected chi connectivity index (χ3v) is 2.34. The van der Waals surface area contributed by atoms with E-state index < -0.39 is 33.9 Å². The SMILES string of the molecule is NC(=O)COCCNC(=O)c1cc(F)cc([N+](=O)[O-])c1N. The molecule has 0 fully saturated rings. The summed E-state index contributed by atoms with van der Waals surface area (Å²) in [7, 11) is 0. The van der Waals surface area contributed by atoms with Crippen molar-refractivity contribution in [3.05, 3.63) is 33.6 Å². The standard InChI is InChI=1S/C11H13FN4O5/c12-6-3-7(10(14)8(4-6)16(19)20)11(18)15-1-2-21-5-9(13)17/h3-4H,1-2,5,14H2,(H2,13,17)(H,15,18). The van der Waals surface area contributed by atoms with E-state index in [1.165, 1.54) is 0 Å². The molecule has 1 aromatic rings. The molecule has 0 aromatic heterocycles. The van der Waals surface area contributed by atoms with Crippen LogP contribution in [0.5, 0.6) is 0 Å². The number of halogens is 1. The highest BCUT2D eigenvalue weighted by molar-refractivity contribution is 6.01. The first-order valence-corrected chi connectivity index (χ1v) is 5.70. The van der Waals surface area contributed by atoms with Gasteiger partial charge in [-0.25, -0.2) is 4.39 Å². The Morgan fingerprint density at radius 1 is 1.43 bits per heavy atom. The van der Waals surface area contributed by atoms with Gasteiger partial charge in [-0.15, -0.1) is 0 Å². The van der Waals surface area contributed by atoms with Crippen molar-refractivity contribution in [2.45, 2.75) is 0 Å². The van der Waals surface area contributed by atoms with E-state index in [9.17, 15) is 24.1 Å². The minimum atomic E-state index is -0.953. The second kappa shape index (κ2) is 7.14. The Hall–Kier alpha value is -2.75. The molecule has 0 atom stereocenters. The highest BCUT2D eigenvalue weighted by atomic mass is 19.1. The van der Waals surface area contributed by atoms with Crippen LogP contribution in [0, 0.1) is 15.9 Å². The molecule has 21 heavy (non-hydrogen) atoms. The summed E-state index contributed by atoms with van der Waals surface area (Å²) in [5.41, 5.74) is 8.82. The van der Waals surface area contributed by atoms with Gasteiger partial charge < -0.3 is 21.5 Å². The van der Waals surface area contributed by atoms with Gasteiger partial charge in [0.1, 0.15) is 18.1 Å². The maximum atomic E-state index is 13.2. The number of hydrogen-bond donors (Lipinski definition) is 3. The van der Waals surface area contributed by atoms with Crippen LogP contribution in [0.3, 0.4) is 0 Å². The van der Waals surface area contributed by atoms with Gasteiger partial charge in [0.25, 0.3) is 11.6 Å². The Morgan fingerprint density at radius 2 is 2.10 bits per heavy atom. The summed E-state index contributed by atoms with van der Waals surface area (Å²) in [6.07, 6.45) is 0. The molecule has 0 unspecified atom stereocenters. The molecule has 0 heterocycles. The Kier molecular flexibility index (Phi) is 5.55. The summed E-state index contributed by atoms with van der Waals surface area (Å²) in [4.78, 5) is 31.9. The smallest absolute Gasteiger partial charge is 0.295 e. The first-order chi connectivity index (χ1) is 9.82. The molecule has 0 spiro atoms. The monoisotopic (exact) mass is 300 g/mol. The average Bonchev–Trinajstić information content (AvgIpc) is 2.39. The summed E-state index contributed by atoms with van der Waals surface area (Å²) >= 11 is 0. The van der Waals surface area contributed by atoms with E-state index in [2.05, 4.69) is 5.32 Å². The van der Waals surface area contributed by atoms with E-state index >= 15 is 0 Å². The second-order valence-electron chi connectivity index (χ2n) is 3.92. The molecule has 10 heteroatoms. The van der Waals surface area contributed by atoms with E-state index in [1.54, 1.807) is 0 Å². The highest BCUT2D eigenvalue weighted by Crippen LogP contribution is 2.26. The maximum absolute atomic E-state index is 13.2. The van der Waals surface area contributed by atoms with Gasteiger partial charge in [-0.05, 0) is 6.07 Å². The molecule has 114 valence electrons. The lowest BCUT2D eigenvalue weighted by molar-refractivity contribution is -0.384. The van der Waals surface area contributed by atoms with Crippen LogP contribution in [0.2, 0.25) is 0 Å². The number of anilines is 1. The summed E-state index contributed by atoms with van der Waals surface area (Å²) in [5.74, 6) is -2.41. The number of benzene rings is 1. The molecule has 0 saturated heterocycles. The van der Waals surface area contributed by atoms with Gasteiger partial charge >= 0.3 is 0 Å². The van der Waals surface area contributed by atoms with Gasteiger partial charge in [-0.3, -0.25) is 19.7 Å². The fraction of sp³-hybridized carbons (Fsp3) is 0.273. The van der Waals surface area contributed by atoms with Crippen LogP contribution >= 0.6 is 0 Å². The van der Waals surface area contributed by atoms with Crippen molar-refractivity contribution in [3.8, 4) is 0 Å². The first kappa shape index (κ1) is 16.3. The number of nitrogens with two attached hydrogens (primary N) is 2. The lowest BCUT2D eigenvalue weighted by Crippen LogP contribution is -2.29. The molecule has 5 N–H and O–H groups in total. The van der Waals surface area contributed by atoms with Crippen molar-refractivity contribution in [2.75, 3.05) is 25.5 Å². The highest BCUT2D eigenvalue weighted by Gasteiger charge is 2.21. The van der Waals surface area contributed by atoms with Crippen LogP contribution < -0.4 is 16.8 Å². The Labute approximate surface area is 118 Å². The van der Waals surface area contributed by atoms with Gasteiger partial charge in [0.05, 0.1) is 23.2 Å². The Bertz CT molecular complexity index is 578. The molecular formula is C11H13FN4O5. The van der Waals surface area contributed by atoms with Gasteiger partial charge in [-0.2, -0.15) is 0 Å². The number of amides is 2. The summed E-state index contributed by atoms with van der Waals surface area (Å²) in [6, 6.07) is 1.42. The predicted molar refractivity (Wildman–Crippen MR) is 69.8 cm³/mol. The zero-order chi connectivity index (χ0) is 16.0. The maximum Gasteiger partial charge on any atom is 0.295 e. The van der Waals surface area contributed by atoms with Crippen molar-refractivity contribution in [3.63, 3.8) is 0 Å². The average molecular weight is 300 g/mol. The van der Waals surface area contributed by atoms with E-state index in [4.69, 9.17) is 16.2 Å². The van der Waals surface area contributed by atoms with Gasteiger partial charge in [0, 0.05) is 6.54 Å². The molecule has 1 aromatic carbocycles. The fourth-order valence-corrected chi connectivity index (χ4v) is 1.45. The lowest BCUT2D eigenvalue weighted by atomic mass is 10.1. The molecular weight excluding hydrogens is 287 g/mol. The molecule has 9 nitrogen and oxygen atoms in total. The number of carbonyl (C=O) groups is 2. The topological polar surface area (TPSA) is 151 Å². The Balaban J connectivity index is 2.70. The normalized spacial score (nSPS) is 10.1. The number of hydrogen-bond acceptors (Lipinski definition) is 6. The number of nitro groups is 1. The third kappa shape index (κ3) is 4.69. The van der Waals surface area contributed by atoms with Crippen molar-refractivity contribution < 1.29 is 23.6 Å². The van der Waals surface area contributed by atoms with Crippen molar-refractivity contribution in [1.29, 1.82) is 0 Å². The van der Waals surface area contributed by atoms with Crippen molar-refractivity contribution in [1.82, 2.24) is 5.32 Å². The molecule has 1 rings (SSSR count). The van der Waals surface area contributed by atoms with Crippen LogP contribution in [0.15, 0.2) is 12.1 Å². The lowest BCUT2D eigenvalue weighted by Gasteiger charge is -2.08. The van der Waals surface area contributed by atoms with E-state index in [0.717, 1.165) is 6.07 Å². The number of nitrogens with one attached hydrogen (secondary N) is 1. The van der Waals surface area contributed by atoms with Crippen molar-refractivity contribution >= 4 is 23.2 Å². The predicted octanol–water partition coefficient (Wildman–Crippen LogP) is -0.452. The van der Waals surface area contributed by atoms with Crippen LogP contribution in [-0.2, 0) is 9.53 Å². The number of nitrogen functional groups attached to an aromatic ring is 1. The quantitative estimate of drug-likeness (QED) is 0.268. The van der Waals surface area contributed by atoms with Gasteiger partial charge in [-0.1, -0.05) is 0 Å². The minimum Gasteiger partial charge on any atom is -0.393 e. The molecule has 0 radical (unpaired) electrons. The molecule has 0 bridgehead atoms. The number of ether oxygens (including phenoxy) is 1.